The third kappa shape index (κ3) is 10.0. The van der Waals surface area contributed by atoms with Crippen molar-refractivity contribution in [3.05, 3.63) is 0 Å². The van der Waals surface area contributed by atoms with Gasteiger partial charge in [0.2, 0.25) is 0 Å². The fourth-order valence-electron chi connectivity index (χ4n) is 1.91. The van der Waals surface area contributed by atoms with Crippen molar-refractivity contribution in [1.82, 2.24) is 4.90 Å². The van der Waals surface area contributed by atoms with Gasteiger partial charge in [-0.3, -0.25) is 4.79 Å². The van der Waals surface area contributed by atoms with Crippen LogP contribution in [-0.2, 0) is 14.3 Å². The van der Waals surface area contributed by atoms with Gasteiger partial charge in [0.15, 0.2) is 0 Å². The highest BCUT2D eigenvalue weighted by atomic mass is 79.9. The second-order valence-corrected chi connectivity index (χ2v) is 7.12. The molecule has 0 aromatic rings. The molecule has 6 heteroatoms. The number of nitrogens with zero attached hydrogens (tertiary/aromatic N) is 1. The van der Waals surface area contributed by atoms with Crippen molar-refractivity contribution in [2.45, 2.75) is 59.0 Å². The van der Waals surface area contributed by atoms with Crippen LogP contribution in [0, 0.1) is 5.92 Å². The number of carbonyl (C=O) groups excluding carboxylic acids is 2. The summed E-state index contributed by atoms with van der Waals surface area (Å²) in [6, 6.07) is 0. The van der Waals surface area contributed by atoms with E-state index in [1.807, 2.05) is 20.8 Å². The number of rotatable bonds is 9. The van der Waals surface area contributed by atoms with E-state index in [0.717, 1.165) is 24.6 Å². The molecule has 0 fully saturated rings. The number of amides is 1. The van der Waals surface area contributed by atoms with Crippen molar-refractivity contribution in [2.75, 3.05) is 25.5 Å². The van der Waals surface area contributed by atoms with E-state index < -0.39 is 5.60 Å². The van der Waals surface area contributed by atoms with Gasteiger partial charge in [-0.1, -0.05) is 22.4 Å². The second kappa shape index (κ2) is 10.9. The normalized spacial score (nSPS) is 12.6. The Morgan fingerprint density at radius 2 is 1.82 bits per heavy atom. The first kappa shape index (κ1) is 21.2. The Bertz CT molecular complexity index is 342. The summed E-state index contributed by atoms with van der Waals surface area (Å²) in [7, 11) is 1.69. The van der Waals surface area contributed by atoms with Crippen molar-refractivity contribution < 1.29 is 19.1 Å². The maximum absolute atomic E-state index is 12.0. The van der Waals surface area contributed by atoms with Crippen molar-refractivity contribution >= 4 is 28.0 Å². The molecule has 0 N–H and O–H groups in total. The molecule has 0 aliphatic carbocycles. The van der Waals surface area contributed by atoms with E-state index in [4.69, 9.17) is 9.47 Å². The van der Waals surface area contributed by atoms with E-state index in [9.17, 15) is 9.59 Å². The average molecular weight is 380 g/mol. The Labute approximate surface area is 142 Å². The van der Waals surface area contributed by atoms with Gasteiger partial charge < -0.3 is 14.4 Å². The van der Waals surface area contributed by atoms with E-state index in [-0.39, 0.29) is 18.0 Å². The first-order chi connectivity index (χ1) is 10.2. The van der Waals surface area contributed by atoms with Crippen molar-refractivity contribution in [3.8, 4) is 0 Å². The Hall–Kier alpha value is -0.780. The predicted octanol–water partition coefficient (Wildman–Crippen LogP) is 3.99. The number of esters is 1. The molecule has 22 heavy (non-hydrogen) atoms. The summed E-state index contributed by atoms with van der Waals surface area (Å²) in [5.41, 5.74) is -0.512. The summed E-state index contributed by atoms with van der Waals surface area (Å²) in [6.07, 6.45) is 3.00. The third-order valence-electron chi connectivity index (χ3n) is 3.07. The van der Waals surface area contributed by atoms with Crippen LogP contribution in [-0.4, -0.2) is 48.1 Å². The number of unbranched alkanes of at least 4 members (excludes halogenated alkanes) is 1. The molecular weight excluding hydrogens is 350 g/mol. The molecule has 0 spiro atoms. The molecule has 1 atom stereocenters. The van der Waals surface area contributed by atoms with Gasteiger partial charge in [-0.05, 0) is 47.0 Å². The zero-order valence-electron chi connectivity index (χ0n) is 14.5. The number of halogens is 1. The van der Waals surface area contributed by atoms with Gasteiger partial charge in [0, 0.05) is 18.9 Å². The molecular formula is C16H30BrNO4. The van der Waals surface area contributed by atoms with Crippen LogP contribution in [0.15, 0.2) is 0 Å². The van der Waals surface area contributed by atoms with E-state index in [1.54, 1.807) is 14.0 Å². The highest BCUT2D eigenvalue weighted by Gasteiger charge is 2.23. The highest BCUT2D eigenvalue weighted by Crippen LogP contribution is 2.17. The molecule has 0 rings (SSSR count). The summed E-state index contributed by atoms with van der Waals surface area (Å²) < 4.78 is 10.4. The van der Waals surface area contributed by atoms with Gasteiger partial charge in [0.25, 0.3) is 0 Å². The fourth-order valence-corrected chi connectivity index (χ4v) is 2.30. The van der Waals surface area contributed by atoms with E-state index in [0.29, 0.717) is 19.6 Å². The van der Waals surface area contributed by atoms with Gasteiger partial charge in [-0.2, -0.15) is 0 Å². The van der Waals surface area contributed by atoms with Gasteiger partial charge in [-0.15, -0.1) is 0 Å². The van der Waals surface area contributed by atoms with E-state index in [1.165, 1.54) is 4.90 Å². The van der Waals surface area contributed by atoms with E-state index >= 15 is 0 Å². The molecule has 1 unspecified atom stereocenters. The maximum atomic E-state index is 12.0. The Kier molecular flexibility index (Phi) is 10.5. The number of alkyl halides is 1. The lowest BCUT2D eigenvalue weighted by molar-refractivity contribution is -0.148. The predicted molar refractivity (Wildman–Crippen MR) is 91.2 cm³/mol. The summed E-state index contributed by atoms with van der Waals surface area (Å²) in [5.74, 6) is -0.335. The molecule has 0 aromatic carbocycles. The summed E-state index contributed by atoms with van der Waals surface area (Å²) in [6.45, 7) is 8.17. The topological polar surface area (TPSA) is 55.8 Å². The largest absolute Gasteiger partial charge is 0.466 e. The van der Waals surface area contributed by atoms with Gasteiger partial charge in [-0.25, -0.2) is 4.79 Å². The summed E-state index contributed by atoms with van der Waals surface area (Å²) in [5, 5.41) is 0.931. The van der Waals surface area contributed by atoms with Crippen LogP contribution in [0.2, 0.25) is 0 Å². The molecule has 0 aliphatic heterocycles. The highest BCUT2D eigenvalue weighted by molar-refractivity contribution is 9.09. The van der Waals surface area contributed by atoms with Gasteiger partial charge in [0.1, 0.15) is 5.60 Å². The molecule has 0 radical (unpaired) electrons. The third-order valence-corrected chi connectivity index (χ3v) is 3.64. The molecule has 0 heterocycles. The molecule has 5 nitrogen and oxygen atoms in total. The van der Waals surface area contributed by atoms with Crippen LogP contribution in [0.1, 0.15) is 53.4 Å². The molecule has 1 amide bonds. The van der Waals surface area contributed by atoms with Crippen LogP contribution < -0.4 is 0 Å². The second-order valence-electron chi connectivity index (χ2n) is 6.32. The Balaban J connectivity index is 4.40. The standard InChI is InChI=1S/C16H30BrNO4/c1-6-21-14(19)13(9-7-8-11-17)10-12-18(5)15(20)22-16(2,3)4/h13H,6-12H2,1-5H3. The minimum absolute atomic E-state index is 0.163. The van der Waals surface area contributed by atoms with Crippen molar-refractivity contribution in [2.24, 2.45) is 5.92 Å². The molecule has 0 saturated heterocycles. The molecule has 0 aromatic heterocycles. The lowest BCUT2D eigenvalue weighted by Gasteiger charge is -2.25. The average Bonchev–Trinajstić information content (AvgIpc) is 2.40. The minimum atomic E-state index is -0.512. The summed E-state index contributed by atoms with van der Waals surface area (Å²) >= 11 is 3.39. The molecule has 0 saturated carbocycles. The monoisotopic (exact) mass is 379 g/mol. The quantitative estimate of drug-likeness (QED) is 0.345. The van der Waals surface area contributed by atoms with Gasteiger partial charge >= 0.3 is 12.1 Å². The Morgan fingerprint density at radius 1 is 1.18 bits per heavy atom. The van der Waals surface area contributed by atoms with E-state index in [2.05, 4.69) is 15.9 Å². The Morgan fingerprint density at radius 3 is 2.32 bits per heavy atom. The van der Waals surface area contributed by atoms with Crippen LogP contribution >= 0.6 is 15.9 Å². The van der Waals surface area contributed by atoms with Gasteiger partial charge in [0.05, 0.1) is 12.5 Å². The van der Waals surface area contributed by atoms with Crippen LogP contribution in [0.25, 0.3) is 0 Å². The number of ether oxygens (including phenoxy) is 2. The van der Waals surface area contributed by atoms with Crippen LogP contribution in [0.5, 0.6) is 0 Å². The zero-order valence-corrected chi connectivity index (χ0v) is 16.1. The number of hydrogen-bond acceptors (Lipinski definition) is 4. The number of hydrogen-bond donors (Lipinski definition) is 0. The number of carbonyl (C=O) groups is 2. The lowest BCUT2D eigenvalue weighted by Crippen LogP contribution is -2.36. The summed E-state index contributed by atoms with van der Waals surface area (Å²) in [4.78, 5) is 25.4. The fraction of sp³-hybridized carbons (Fsp3) is 0.875. The molecule has 0 bridgehead atoms. The van der Waals surface area contributed by atoms with Crippen LogP contribution in [0.4, 0.5) is 4.79 Å². The maximum Gasteiger partial charge on any atom is 0.410 e. The van der Waals surface area contributed by atoms with Crippen molar-refractivity contribution in [3.63, 3.8) is 0 Å². The molecule has 130 valence electrons. The molecule has 0 aliphatic rings. The smallest absolute Gasteiger partial charge is 0.410 e. The van der Waals surface area contributed by atoms with Crippen molar-refractivity contribution in [1.29, 1.82) is 0 Å². The SMILES string of the molecule is CCOC(=O)C(CCCCBr)CCN(C)C(=O)OC(C)(C)C. The first-order valence-electron chi connectivity index (χ1n) is 7.88. The lowest BCUT2D eigenvalue weighted by atomic mass is 9.98. The first-order valence-corrected chi connectivity index (χ1v) is 9.00. The zero-order chi connectivity index (χ0) is 17.2. The minimum Gasteiger partial charge on any atom is -0.466 e. The van der Waals surface area contributed by atoms with Crippen LogP contribution in [0.3, 0.4) is 0 Å².